The number of rotatable bonds is 5. The van der Waals surface area contributed by atoms with Crippen molar-refractivity contribution in [2.24, 2.45) is 0 Å². The minimum atomic E-state index is 0.260. The number of ether oxygens (including phenoxy) is 2. The van der Waals surface area contributed by atoms with Gasteiger partial charge in [-0.1, -0.05) is 11.2 Å². The number of nitrogens with zero attached hydrogens (tertiary/aromatic N) is 3. The van der Waals surface area contributed by atoms with Crippen LogP contribution in [0, 0.1) is 0 Å². The lowest BCUT2D eigenvalue weighted by Gasteiger charge is -2.09. The molecule has 0 spiro atoms. The van der Waals surface area contributed by atoms with E-state index in [1.54, 1.807) is 38.7 Å². The Kier molecular flexibility index (Phi) is 3.86. The van der Waals surface area contributed by atoms with Gasteiger partial charge in [-0.15, -0.1) is 5.10 Å². The second kappa shape index (κ2) is 6.13. The van der Waals surface area contributed by atoms with Crippen LogP contribution in [0.2, 0.25) is 0 Å². The SMILES string of the molecule is COc1cccc(OC)c1-c1nnc(Nc2cccnc2)o1. The lowest BCUT2D eigenvalue weighted by Crippen LogP contribution is -1.93. The smallest absolute Gasteiger partial charge is 0.320 e. The predicted molar refractivity (Wildman–Crippen MR) is 80.4 cm³/mol. The van der Waals surface area contributed by atoms with Crippen molar-refractivity contribution in [3.05, 3.63) is 42.7 Å². The van der Waals surface area contributed by atoms with Gasteiger partial charge in [0.1, 0.15) is 17.1 Å². The maximum atomic E-state index is 5.64. The normalized spacial score (nSPS) is 10.3. The summed E-state index contributed by atoms with van der Waals surface area (Å²) in [6.45, 7) is 0. The number of pyridine rings is 1. The standard InChI is InChI=1S/C15H14N4O3/c1-20-11-6-3-7-12(21-2)13(11)14-18-19-15(22-14)17-10-5-4-8-16-9-10/h3-9H,1-2H3,(H,17,19). The minimum Gasteiger partial charge on any atom is -0.496 e. The maximum absolute atomic E-state index is 5.64. The fraction of sp³-hybridized carbons (Fsp3) is 0.133. The number of benzene rings is 1. The van der Waals surface area contributed by atoms with Crippen molar-refractivity contribution in [3.63, 3.8) is 0 Å². The first-order chi connectivity index (χ1) is 10.8. The van der Waals surface area contributed by atoms with Crippen LogP contribution in [0.1, 0.15) is 0 Å². The van der Waals surface area contributed by atoms with E-state index < -0.39 is 0 Å². The van der Waals surface area contributed by atoms with E-state index >= 15 is 0 Å². The minimum absolute atomic E-state index is 0.260. The topological polar surface area (TPSA) is 82.3 Å². The third-order valence-corrected chi connectivity index (χ3v) is 2.98. The predicted octanol–water partition coefficient (Wildman–Crippen LogP) is 2.89. The quantitative estimate of drug-likeness (QED) is 0.775. The number of anilines is 2. The van der Waals surface area contributed by atoms with Crippen LogP contribution in [-0.2, 0) is 0 Å². The van der Waals surface area contributed by atoms with Gasteiger partial charge in [-0.3, -0.25) is 4.98 Å². The van der Waals surface area contributed by atoms with E-state index in [1.165, 1.54) is 0 Å². The molecule has 0 fully saturated rings. The first kappa shape index (κ1) is 13.9. The van der Waals surface area contributed by atoms with Crippen molar-refractivity contribution in [2.75, 3.05) is 19.5 Å². The van der Waals surface area contributed by atoms with Crippen molar-refractivity contribution >= 4 is 11.7 Å². The summed E-state index contributed by atoms with van der Waals surface area (Å²) in [6, 6.07) is 9.35. The molecule has 0 amide bonds. The van der Waals surface area contributed by atoms with Crippen LogP contribution in [-0.4, -0.2) is 29.4 Å². The van der Waals surface area contributed by atoms with Crippen LogP contribution in [0.3, 0.4) is 0 Å². The Balaban J connectivity index is 1.94. The zero-order valence-corrected chi connectivity index (χ0v) is 12.1. The van der Waals surface area contributed by atoms with Crippen molar-refractivity contribution in [2.45, 2.75) is 0 Å². The molecular weight excluding hydrogens is 284 g/mol. The Morgan fingerprint density at radius 3 is 2.41 bits per heavy atom. The average molecular weight is 298 g/mol. The first-order valence-corrected chi connectivity index (χ1v) is 6.53. The number of aromatic nitrogens is 3. The first-order valence-electron chi connectivity index (χ1n) is 6.53. The van der Waals surface area contributed by atoms with Gasteiger partial charge in [0.2, 0.25) is 0 Å². The molecule has 7 heteroatoms. The number of methoxy groups -OCH3 is 2. The summed E-state index contributed by atoms with van der Waals surface area (Å²) in [6.07, 6.45) is 3.34. The molecule has 0 unspecified atom stereocenters. The van der Waals surface area contributed by atoms with Gasteiger partial charge < -0.3 is 19.2 Å². The van der Waals surface area contributed by atoms with E-state index in [1.807, 2.05) is 18.2 Å². The Hall–Kier alpha value is -3.09. The van der Waals surface area contributed by atoms with E-state index in [4.69, 9.17) is 13.9 Å². The van der Waals surface area contributed by atoms with Gasteiger partial charge in [0.25, 0.3) is 5.89 Å². The molecule has 0 bridgehead atoms. The Morgan fingerprint density at radius 1 is 1.00 bits per heavy atom. The van der Waals surface area contributed by atoms with Gasteiger partial charge in [0, 0.05) is 6.20 Å². The molecule has 3 rings (SSSR count). The lowest BCUT2D eigenvalue weighted by atomic mass is 10.2. The van der Waals surface area contributed by atoms with Crippen LogP contribution in [0.25, 0.3) is 11.5 Å². The molecule has 0 saturated heterocycles. The molecule has 0 atom stereocenters. The highest BCUT2D eigenvalue weighted by Gasteiger charge is 2.18. The largest absolute Gasteiger partial charge is 0.496 e. The van der Waals surface area contributed by atoms with E-state index in [0.717, 1.165) is 5.69 Å². The van der Waals surface area contributed by atoms with Gasteiger partial charge >= 0.3 is 6.01 Å². The number of hydrogen-bond acceptors (Lipinski definition) is 7. The monoisotopic (exact) mass is 298 g/mol. The van der Waals surface area contributed by atoms with Crippen LogP contribution in [0.4, 0.5) is 11.7 Å². The van der Waals surface area contributed by atoms with Gasteiger partial charge in [-0.2, -0.15) is 0 Å². The average Bonchev–Trinajstić information content (AvgIpc) is 3.03. The summed E-state index contributed by atoms with van der Waals surface area (Å²) in [5.74, 6) is 1.49. The summed E-state index contributed by atoms with van der Waals surface area (Å²) in [5.41, 5.74) is 1.36. The van der Waals surface area contributed by atoms with Gasteiger partial charge in [0.15, 0.2) is 0 Å². The molecule has 7 nitrogen and oxygen atoms in total. The molecule has 2 heterocycles. The molecular formula is C15H14N4O3. The number of nitrogens with one attached hydrogen (secondary N) is 1. The Morgan fingerprint density at radius 2 is 1.77 bits per heavy atom. The molecule has 3 aromatic rings. The molecule has 1 aromatic carbocycles. The second-order valence-corrected chi connectivity index (χ2v) is 4.32. The molecule has 0 radical (unpaired) electrons. The zero-order chi connectivity index (χ0) is 15.4. The van der Waals surface area contributed by atoms with Crippen molar-refractivity contribution in [1.29, 1.82) is 0 Å². The third-order valence-electron chi connectivity index (χ3n) is 2.98. The molecule has 2 aromatic heterocycles. The number of hydrogen-bond donors (Lipinski definition) is 1. The summed E-state index contributed by atoms with van der Waals surface area (Å²) in [4.78, 5) is 4.01. The van der Waals surface area contributed by atoms with Gasteiger partial charge in [0.05, 0.1) is 26.1 Å². The van der Waals surface area contributed by atoms with E-state index in [2.05, 4.69) is 20.5 Å². The summed E-state index contributed by atoms with van der Waals surface area (Å²) in [7, 11) is 3.15. The van der Waals surface area contributed by atoms with Crippen LogP contribution >= 0.6 is 0 Å². The maximum Gasteiger partial charge on any atom is 0.320 e. The Labute approximate surface area is 126 Å². The van der Waals surface area contributed by atoms with Gasteiger partial charge in [-0.25, -0.2) is 0 Å². The van der Waals surface area contributed by atoms with Crippen molar-refractivity contribution < 1.29 is 13.9 Å². The lowest BCUT2D eigenvalue weighted by molar-refractivity contribution is 0.394. The zero-order valence-electron chi connectivity index (χ0n) is 12.1. The molecule has 1 N–H and O–H groups in total. The van der Waals surface area contributed by atoms with Crippen LogP contribution in [0.5, 0.6) is 11.5 Å². The van der Waals surface area contributed by atoms with Crippen LogP contribution < -0.4 is 14.8 Å². The summed E-state index contributed by atoms with van der Waals surface area (Å²) >= 11 is 0. The summed E-state index contributed by atoms with van der Waals surface area (Å²) in [5, 5.41) is 11.0. The fourth-order valence-electron chi connectivity index (χ4n) is 2.00. The second-order valence-electron chi connectivity index (χ2n) is 4.32. The highest BCUT2D eigenvalue weighted by molar-refractivity contribution is 5.71. The fourth-order valence-corrected chi connectivity index (χ4v) is 2.00. The summed E-state index contributed by atoms with van der Waals surface area (Å²) < 4.78 is 16.3. The molecule has 0 aliphatic rings. The molecule has 22 heavy (non-hydrogen) atoms. The van der Waals surface area contributed by atoms with E-state index in [0.29, 0.717) is 23.0 Å². The molecule has 0 aliphatic carbocycles. The van der Waals surface area contributed by atoms with E-state index in [-0.39, 0.29) is 6.01 Å². The van der Waals surface area contributed by atoms with E-state index in [9.17, 15) is 0 Å². The third kappa shape index (κ3) is 2.69. The van der Waals surface area contributed by atoms with Gasteiger partial charge in [-0.05, 0) is 24.3 Å². The Bertz CT molecular complexity index is 736. The molecule has 112 valence electrons. The van der Waals surface area contributed by atoms with Crippen LogP contribution in [0.15, 0.2) is 47.1 Å². The highest BCUT2D eigenvalue weighted by Crippen LogP contribution is 2.37. The highest BCUT2D eigenvalue weighted by atomic mass is 16.5. The van der Waals surface area contributed by atoms with Crippen molar-refractivity contribution in [1.82, 2.24) is 15.2 Å². The molecule has 0 aliphatic heterocycles. The van der Waals surface area contributed by atoms with Crippen molar-refractivity contribution in [3.8, 4) is 23.0 Å². The molecule has 0 saturated carbocycles.